The minimum absolute atomic E-state index is 0.297. The van der Waals surface area contributed by atoms with Crippen molar-refractivity contribution >= 4 is 11.8 Å². The van der Waals surface area contributed by atoms with E-state index >= 15 is 0 Å². The van der Waals surface area contributed by atoms with E-state index in [1.807, 2.05) is 19.1 Å². The van der Waals surface area contributed by atoms with E-state index in [2.05, 4.69) is 16.8 Å². The highest BCUT2D eigenvalue weighted by atomic mass is 16.5. The first-order valence-corrected chi connectivity index (χ1v) is 7.66. The molecule has 1 fully saturated rings. The number of nitrogens with zero attached hydrogens (tertiary/aromatic N) is 2. The Kier molecular flexibility index (Phi) is 5.39. The van der Waals surface area contributed by atoms with E-state index in [0.29, 0.717) is 18.2 Å². The second-order valence-electron chi connectivity index (χ2n) is 5.23. The lowest BCUT2D eigenvalue weighted by Crippen LogP contribution is -2.35. The molecular formula is C16H24N2O2. The Morgan fingerprint density at radius 3 is 2.85 bits per heavy atom. The smallest absolute Gasteiger partial charge is 0.339 e. The van der Waals surface area contributed by atoms with Crippen molar-refractivity contribution in [2.24, 2.45) is 0 Å². The molecule has 1 aromatic heterocycles. The lowest BCUT2D eigenvalue weighted by molar-refractivity contribution is 0.0526. The molecule has 4 heteroatoms. The second-order valence-corrected chi connectivity index (χ2v) is 5.23. The van der Waals surface area contributed by atoms with Gasteiger partial charge < -0.3 is 9.64 Å². The predicted molar refractivity (Wildman–Crippen MR) is 80.1 cm³/mol. The molecule has 1 aliphatic rings. The lowest BCUT2D eigenvalue weighted by Gasteiger charge is -2.30. The third kappa shape index (κ3) is 3.50. The molecule has 0 aromatic carbocycles. The van der Waals surface area contributed by atoms with Crippen molar-refractivity contribution < 1.29 is 9.53 Å². The van der Waals surface area contributed by atoms with Gasteiger partial charge in [0.1, 0.15) is 5.82 Å². The molecular weight excluding hydrogens is 252 g/mol. The molecule has 110 valence electrons. The van der Waals surface area contributed by atoms with Crippen LogP contribution in [0, 0.1) is 0 Å². The van der Waals surface area contributed by atoms with E-state index in [9.17, 15) is 4.79 Å². The highest BCUT2D eigenvalue weighted by molar-refractivity contribution is 5.89. The summed E-state index contributed by atoms with van der Waals surface area (Å²) in [6, 6.07) is 4.33. The maximum atomic E-state index is 11.6. The topological polar surface area (TPSA) is 42.4 Å². The van der Waals surface area contributed by atoms with Crippen LogP contribution in [-0.4, -0.2) is 30.1 Å². The van der Waals surface area contributed by atoms with E-state index < -0.39 is 0 Å². The SMILES string of the molecule is CCOC(=O)c1ccc(N2CCCCCC2CC)nc1. The Hall–Kier alpha value is -1.58. The van der Waals surface area contributed by atoms with Crippen molar-refractivity contribution in [3.05, 3.63) is 23.9 Å². The van der Waals surface area contributed by atoms with Crippen LogP contribution < -0.4 is 4.90 Å². The quantitative estimate of drug-likeness (QED) is 0.790. The molecule has 20 heavy (non-hydrogen) atoms. The van der Waals surface area contributed by atoms with Gasteiger partial charge in [-0.1, -0.05) is 19.8 Å². The Labute approximate surface area is 121 Å². The number of esters is 1. The summed E-state index contributed by atoms with van der Waals surface area (Å²) in [5.41, 5.74) is 0.526. The van der Waals surface area contributed by atoms with Crippen molar-refractivity contribution in [1.29, 1.82) is 0 Å². The fourth-order valence-electron chi connectivity index (χ4n) is 2.79. The minimum atomic E-state index is -0.297. The van der Waals surface area contributed by atoms with Gasteiger partial charge in [-0.25, -0.2) is 9.78 Å². The first-order valence-electron chi connectivity index (χ1n) is 7.66. The van der Waals surface area contributed by atoms with Crippen LogP contribution >= 0.6 is 0 Å². The first kappa shape index (κ1) is 14.8. The highest BCUT2D eigenvalue weighted by Crippen LogP contribution is 2.24. The van der Waals surface area contributed by atoms with Crippen molar-refractivity contribution in [3.63, 3.8) is 0 Å². The normalized spacial score (nSPS) is 19.5. The molecule has 0 N–H and O–H groups in total. The summed E-state index contributed by atoms with van der Waals surface area (Å²) in [6.07, 6.45) is 7.83. The number of anilines is 1. The number of hydrogen-bond donors (Lipinski definition) is 0. The number of rotatable bonds is 4. The molecule has 1 aromatic rings. The summed E-state index contributed by atoms with van der Waals surface area (Å²) in [6.45, 7) is 5.49. The summed E-state index contributed by atoms with van der Waals surface area (Å²) in [5.74, 6) is 0.682. The summed E-state index contributed by atoms with van der Waals surface area (Å²) < 4.78 is 4.98. The second kappa shape index (κ2) is 7.27. The van der Waals surface area contributed by atoms with Gasteiger partial charge in [0, 0.05) is 18.8 Å². The number of aromatic nitrogens is 1. The summed E-state index contributed by atoms with van der Waals surface area (Å²) in [5, 5.41) is 0. The largest absolute Gasteiger partial charge is 0.462 e. The van der Waals surface area contributed by atoms with Crippen LogP contribution in [0.1, 0.15) is 56.3 Å². The average Bonchev–Trinajstić information content (AvgIpc) is 2.72. The van der Waals surface area contributed by atoms with Gasteiger partial charge in [-0.3, -0.25) is 0 Å². The summed E-state index contributed by atoms with van der Waals surface area (Å²) in [7, 11) is 0. The highest BCUT2D eigenvalue weighted by Gasteiger charge is 2.20. The maximum absolute atomic E-state index is 11.6. The fraction of sp³-hybridized carbons (Fsp3) is 0.625. The average molecular weight is 276 g/mol. The van der Waals surface area contributed by atoms with Gasteiger partial charge in [0.05, 0.1) is 12.2 Å². The zero-order valence-electron chi connectivity index (χ0n) is 12.5. The number of hydrogen-bond acceptors (Lipinski definition) is 4. The Morgan fingerprint density at radius 2 is 2.20 bits per heavy atom. The molecule has 1 unspecified atom stereocenters. The number of carbonyl (C=O) groups excluding carboxylic acids is 1. The molecule has 2 heterocycles. The van der Waals surface area contributed by atoms with E-state index in [0.717, 1.165) is 18.8 Å². The van der Waals surface area contributed by atoms with Gasteiger partial charge in [0.15, 0.2) is 0 Å². The first-order chi connectivity index (χ1) is 9.76. The molecule has 1 aliphatic heterocycles. The minimum Gasteiger partial charge on any atom is -0.462 e. The van der Waals surface area contributed by atoms with Crippen LogP contribution in [0.2, 0.25) is 0 Å². The van der Waals surface area contributed by atoms with Crippen LogP contribution in [0.15, 0.2) is 18.3 Å². The molecule has 0 saturated carbocycles. The van der Waals surface area contributed by atoms with Crippen molar-refractivity contribution in [2.45, 2.75) is 52.0 Å². The van der Waals surface area contributed by atoms with Crippen LogP contribution in [-0.2, 0) is 4.74 Å². The number of pyridine rings is 1. The Morgan fingerprint density at radius 1 is 1.35 bits per heavy atom. The van der Waals surface area contributed by atoms with Gasteiger partial charge in [0.25, 0.3) is 0 Å². The molecule has 4 nitrogen and oxygen atoms in total. The van der Waals surface area contributed by atoms with Crippen LogP contribution in [0.25, 0.3) is 0 Å². The lowest BCUT2D eigenvalue weighted by atomic mass is 10.1. The fourth-order valence-corrected chi connectivity index (χ4v) is 2.79. The molecule has 0 radical (unpaired) electrons. The zero-order chi connectivity index (χ0) is 14.4. The zero-order valence-corrected chi connectivity index (χ0v) is 12.5. The van der Waals surface area contributed by atoms with E-state index in [1.54, 1.807) is 6.20 Å². The third-order valence-corrected chi connectivity index (χ3v) is 3.90. The van der Waals surface area contributed by atoms with Crippen LogP contribution in [0.5, 0.6) is 0 Å². The maximum Gasteiger partial charge on any atom is 0.339 e. The molecule has 1 saturated heterocycles. The molecule has 0 bridgehead atoms. The van der Waals surface area contributed by atoms with Crippen molar-refractivity contribution in [2.75, 3.05) is 18.1 Å². The number of ether oxygens (including phenoxy) is 1. The van der Waals surface area contributed by atoms with Gasteiger partial charge >= 0.3 is 5.97 Å². The molecule has 0 amide bonds. The van der Waals surface area contributed by atoms with Crippen molar-refractivity contribution in [3.8, 4) is 0 Å². The van der Waals surface area contributed by atoms with Crippen molar-refractivity contribution in [1.82, 2.24) is 4.98 Å². The van der Waals surface area contributed by atoms with E-state index in [-0.39, 0.29) is 5.97 Å². The van der Waals surface area contributed by atoms with Gasteiger partial charge in [-0.2, -0.15) is 0 Å². The third-order valence-electron chi connectivity index (χ3n) is 3.90. The molecule has 2 rings (SSSR count). The number of carbonyl (C=O) groups is 1. The van der Waals surface area contributed by atoms with E-state index in [4.69, 9.17) is 4.74 Å². The van der Waals surface area contributed by atoms with Gasteiger partial charge in [-0.15, -0.1) is 0 Å². The molecule has 0 spiro atoms. The standard InChI is InChI=1S/C16H24N2O2/c1-3-14-8-6-5-7-11-18(14)15-10-9-13(12-17-15)16(19)20-4-2/h9-10,12,14H,3-8,11H2,1-2H3. The summed E-state index contributed by atoms with van der Waals surface area (Å²) >= 11 is 0. The monoisotopic (exact) mass is 276 g/mol. The Balaban J connectivity index is 2.13. The molecule has 0 aliphatic carbocycles. The molecule has 1 atom stereocenters. The van der Waals surface area contributed by atoms with E-state index in [1.165, 1.54) is 25.7 Å². The van der Waals surface area contributed by atoms with Gasteiger partial charge in [-0.05, 0) is 38.3 Å². The Bertz CT molecular complexity index is 431. The summed E-state index contributed by atoms with van der Waals surface area (Å²) in [4.78, 5) is 18.5. The van der Waals surface area contributed by atoms with Crippen LogP contribution in [0.3, 0.4) is 0 Å². The predicted octanol–water partition coefficient (Wildman–Crippen LogP) is 3.42. The van der Waals surface area contributed by atoms with Crippen LogP contribution in [0.4, 0.5) is 5.82 Å². The van der Waals surface area contributed by atoms with Gasteiger partial charge in [0.2, 0.25) is 0 Å².